The molecule has 2 aromatic heterocycles. The van der Waals surface area contributed by atoms with Crippen molar-refractivity contribution in [2.24, 2.45) is 0 Å². The summed E-state index contributed by atoms with van der Waals surface area (Å²) in [6, 6.07) is 0. The van der Waals surface area contributed by atoms with Crippen LogP contribution in [0.15, 0.2) is 12.7 Å². The van der Waals surface area contributed by atoms with Gasteiger partial charge in [0.2, 0.25) is 0 Å². The summed E-state index contributed by atoms with van der Waals surface area (Å²) in [6.45, 7) is -0.456. The van der Waals surface area contributed by atoms with Crippen LogP contribution in [0.1, 0.15) is 6.23 Å². The summed E-state index contributed by atoms with van der Waals surface area (Å²) >= 11 is 5.01. The number of hydrogen-bond acceptors (Lipinski definition) is 6. The fourth-order valence-electron chi connectivity index (χ4n) is 2.15. The van der Waals surface area contributed by atoms with E-state index in [4.69, 9.17) is 22.1 Å². The molecule has 0 bridgehead atoms. The molecule has 9 heteroatoms. The number of aliphatic hydroxyl groups excluding tert-OH is 2. The van der Waals surface area contributed by atoms with Crippen LogP contribution in [-0.2, 0) is 4.74 Å². The van der Waals surface area contributed by atoms with Gasteiger partial charge in [-0.05, 0) is 0 Å². The maximum absolute atomic E-state index is 14.0. The average Bonchev–Trinajstić information content (AvgIpc) is 2.94. The highest BCUT2D eigenvalue weighted by molar-refractivity contribution is 7.71. The molecule has 0 amide bonds. The zero-order valence-electron chi connectivity index (χ0n) is 9.60. The number of hydrogen-bond donors (Lipinski definition) is 3. The first kappa shape index (κ1) is 12.6. The molecule has 0 radical (unpaired) electrons. The van der Waals surface area contributed by atoms with Crippen molar-refractivity contribution in [3.8, 4) is 0 Å². The highest BCUT2D eigenvalue weighted by Gasteiger charge is 2.45. The Labute approximate surface area is 111 Å². The molecule has 0 aliphatic carbocycles. The lowest BCUT2D eigenvalue weighted by Gasteiger charge is -2.15. The Hall–Kier alpha value is -1.42. The van der Waals surface area contributed by atoms with E-state index in [2.05, 4.69) is 15.0 Å². The first-order valence-electron chi connectivity index (χ1n) is 5.62. The van der Waals surface area contributed by atoms with Gasteiger partial charge in [0, 0.05) is 0 Å². The zero-order chi connectivity index (χ0) is 13.6. The molecule has 7 nitrogen and oxygen atoms in total. The van der Waals surface area contributed by atoms with E-state index in [1.54, 1.807) is 0 Å². The van der Waals surface area contributed by atoms with Gasteiger partial charge in [-0.15, -0.1) is 0 Å². The first-order chi connectivity index (χ1) is 9.13. The molecule has 2 aromatic rings. The van der Waals surface area contributed by atoms with E-state index in [1.165, 1.54) is 17.2 Å². The van der Waals surface area contributed by atoms with E-state index in [0.717, 1.165) is 0 Å². The number of alkyl halides is 1. The number of fused-ring (bicyclic) bond motifs is 1. The van der Waals surface area contributed by atoms with Crippen LogP contribution in [0.4, 0.5) is 4.39 Å². The summed E-state index contributed by atoms with van der Waals surface area (Å²) in [4.78, 5) is 10.7. The van der Waals surface area contributed by atoms with Crippen molar-refractivity contribution < 1.29 is 19.3 Å². The predicted molar refractivity (Wildman–Crippen MR) is 64.6 cm³/mol. The third kappa shape index (κ3) is 1.86. The fraction of sp³-hybridized carbons (Fsp3) is 0.500. The van der Waals surface area contributed by atoms with Crippen molar-refractivity contribution >= 4 is 23.4 Å². The second-order valence-corrected chi connectivity index (χ2v) is 4.63. The van der Waals surface area contributed by atoms with Gasteiger partial charge < -0.3 is 19.9 Å². The average molecular weight is 286 g/mol. The monoisotopic (exact) mass is 286 g/mol. The van der Waals surface area contributed by atoms with Gasteiger partial charge in [0.25, 0.3) is 0 Å². The van der Waals surface area contributed by atoms with Gasteiger partial charge in [0.15, 0.2) is 17.0 Å². The largest absolute Gasteiger partial charge is 0.394 e. The van der Waals surface area contributed by atoms with Gasteiger partial charge in [-0.25, -0.2) is 14.4 Å². The lowest BCUT2D eigenvalue weighted by atomic mass is 10.1. The molecular weight excluding hydrogens is 275 g/mol. The molecule has 102 valence electrons. The summed E-state index contributed by atoms with van der Waals surface area (Å²) < 4.78 is 21.0. The number of aliphatic hydroxyl groups is 2. The molecular formula is C10H11FN4O3S. The summed E-state index contributed by atoms with van der Waals surface area (Å²) in [5.74, 6) is 0. The molecule has 1 saturated heterocycles. The van der Waals surface area contributed by atoms with Crippen LogP contribution >= 0.6 is 12.2 Å². The molecule has 0 saturated carbocycles. The number of ether oxygens (including phenoxy) is 1. The third-order valence-corrected chi connectivity index (χ3v) is 3.43. The van der Waals surface area contributed by atoms with Crippen LogP contribution in [0.5, 0.6) is 0 Å². The maximum atomic E-state index is 14.0. The van der Waals surface area contributed by atoms with E-state index in [0.29, 0.717) is 15.8 Å². The van der Waals surface area contributed by atoms with Crippen LogP contribution in [0.3, 0.4) is 0 Å². The molecule has 0 unspecified atom stereocenters. The molecule has 3 heterocycles. The maximum Gasteiger partial charge on any atom is 0.173 e. The minimum Gasteiger partial charge on any atom is -0.394 e. The molecule has 1 aliphatic heterocycles. The Kier molecular flexibility index (Phi) is 3.05. The van der Waals surface area contributed by atoms with Gasteiger partial charge in [-0.3, -0.25) is 4.57 Å². The number of nitrogens with one attached hydrogen (secondary N) is 1. The Morgan fingerprint density at radius 1 is 1.53 bits per heavy atom. The molecule has 1 fully saturated rings. The van der Waals surface area contributed by atoms with E-state index < -0.39 is 31.2 Å². The van der Waals surface area contributed by atoms with Gasteiger partial charge in [-0.1, -0.05) is 12.2 Å². The number of H-pyrrole nitrogens is 1. The van der Waals surface area contributed by atoms with E-state index in [-0.39, 0.29) is 0 Å². The molecule has 3 rings (SSSR count). The Morgan fingerprint density at radius 2 is 2.32 bits per heavy atom. The van der Waals surface area contributed by atoms with Gasteiger partial charge in [0.05, 0.1) is 19.3 Å². The summed E-state index contributed by atoms with van der Waals surface area (Å²) in [7, 11) is 0. The van der Waals surface area contributed by atoms with E-state index in [1.807, 2.05) is 0 Å². The third-order valence-electron chi connectivity index (χ3n) is 3.13. The normalized spacial score (nSPS) is 31.1. The Morgan fingerprint density at radius 3 is 3.00 bits per heavy atom. The van der Waals surface area contributed by atoms with Crippen molar-refractivity contribution in [2.45, 2.75) is 24.6 Å². The van der Waals surface area contributed by atoms with Gasteiger partial charge in [-0.2, -0.15) is 0 Å². The Bertz CT molecular complexity index is 660. The van der Waals surface area contributed by atoms with Crippen molar-refractivity contribution in [1.82, 2.24) is 19.5 Å². The number of aromatic amines is 1. The number of nitrogens with zero attached hydrogens (tertiary/aromatic N) is 3. The zero-order valence-corrected chi connectivity index (χ0v) is 10.4. The quantitative estimate of drug-likeness (QED) is 0.677. The SMILES string of the molecule is OC[C@H]1O[C@@H](n2cnc3c(=S)nc[nH]c32)[C@@H](F)[C@@H]1O. The van der Waals surface area contributed by atoms with E-state index >= 15 is 0 Å². The molecule has 3 N–H and O–H groups in total. The van der Waals surface area contributed by atoms with Gasteiger partial charge >= 0.3 is 0 Å². The highest BCUT2D eigenvalue weighted by atomic mass is 32.1. The number of aromatic nitrogens is 4. The molecule has 0 spiro atoms. The standard InChI is InChI=1S/C10H11FN4O3S/c11-5-7(17)4(1-16)18-10(5)15-3-14-6-8(15)12-2-13-9(6)19/h2-5,7,10,16-17H,1H2,(H,12,13,19)/t4-,5+,7-,10-/m1/s1. The Balaban J connectivity index is 2.06. The number of rotatable bonds is 2. The summed E-state index contributed by atoms with van der Waals surface area (Å²) in [6.07, 6.45) is -2.32. The van der Waals surface area contributed by atoms with Crippen LogP contribution in [0.2, 0.25) is 0 Å². The lowest BCUT2D eigenvalue weighted by molar-refractivity contribution is -0.0459. The predicted octanol–water partition coefficient (Wildman–Crippen LogP) is 0.0776. The topological polar surface area (TPSA) is 96.2 Å². The van der Waals surface area contributed by atoms with Crippen molar-refractivity contribution in [3.63, 3.8) is 0 Å². The smallest absolute Gasteiger partial charge is 0.173 e. The lowest BCUT2D eigenvalue weighted by Crippen LogP contribution is -2.30. The number of halogens is 1. The summed E-state index contributed by atoms with van der Waals surface area (Å²) in [5, 5.41) is 18.6. The van der Waals surface area contributed by atoms with Crippen LogP contribution < -0.4 is 0 Å². The second kappa shape index (κ2) is 4.60. The second-order valence-electron chi connectivity index (χ2n) is 4.24. The molecule has 4 atom stereocenters. The number of imidazole rings is 1. The van der Waals surface area contributed by atoms with E-state index in [9.17, 15) is 9.50 Å². The summed E-state index contributed by atoms with van der Waals surface area (Å²) in [5.41, 5.74) is 0.883. The fourth-order valence-corrected chi connectivity index (χ4v) is 2.35. The molecule has 0 aromatic carbocycles. The van der Waals surface area contributed by atoms with Crippen molar-refractivity contribution in [2.75, 3.05) is 6.61 Å². The van der Waals surface area contributed by atoms with Crippen molar-refractivity contribution in [1.29, 1.82) is 0 Å². The van der Waals surface area contributed by atoms with Crippen LogP contribution in [-0.4, -0.2) is 54.7 Å². The molecule has 19 heavy (non-hydrogen) atoms. The minimum absolute atomic E-state index is 0.292. The molecule has 1 aliphatic rings. The van der Waals surface area contributed by atoms with Crippen molar-refractivity contribution in [3.05, 3.63) is 17.3 Å². The van der Waals surface area contributed by atoms with Crippen LogP contribution in [0, 0.1) is 4.64 Å². The first-order valence-corrected chi connectivity index (χ1v) is 6.03. The minimum atomic E-state index is -1.66. The van der Waals surface area contributed by atoms with Gasteiger partial charge in [0.1, 0.15) is 23.4 Å². The van der Waals surface area contributed by atoms with Crippen LogP contribution in [0.25, 0.3) is 11.2 Å². The highest BCUT2D eigenvalue weighted by Crippen LogP contribution is 2.33.